The Morgan fingerprint density at radius 2 is 2.10 bits per heavy atom. The van der Waals surface area contributed by atoms with Crippen LogP contribution in [0.2, 0.25) is 0 Å². The number of amides is 1. The molecule has 0 saturated heterocycles. The number of primary amides is 1. The number of likely N-dealkylation sites (N-methyl/N-ethyl adjacent to an activating group) is 1. The Kier molecular flexibility index (Phi) is 4.67. The summed E-state index contributed by atoms with van der Waals surface area (Å²) < 4.78 is 1.59. The number of aromatic nitrogens is 3. The maximum Gasteiger partial charge on any atom is 0.256 e. The van der Waals surface area contributed by atoms with E-state index in [1.54, 1.807) is 4.57 Å². The van der Waals surface area contributed by atoms with Crippen LogP contribution in [0.15, 0.2) is 29.2 Å². The molecule has 0 spiro atoms. The Hall–Kier alpha value is -3.46. The standard InChI is InChI=1S/C20H23N7O2/c1-3-27-17(21)15(18(22)29)16(28)14-9-23-20(25-19(14)27)24-13-5-4-12-10-26(2)7-6-11(12)8-13/h4-5,8-9H,3,6-7,10,21H2,1-2H3,(H2,22,29)(H,23,24,25). The maximum atomic E-state index is 12.6. The van der Waals surface area contributed by atoms with Crippen molar-refractivity contribution in [1.29, 1.82) is 0 Å². The van der Waals surface area contributed by atoms with Crippen molar-refractivity contribution in [2.45, 2.75) is 26.4 Å². The lowest BCUT2D eigenvalue weighted by Crippen LogP contribution is -2.28. The van der Waals surface area contributed by atoms with Gasteiger partial charge in [-0.25, -0.2) is 4.98 Å². The fourth-order valence-corrected chi connectivity index (χ4v) is 3.76. The average Bonchev–Trinajstić information content (AvgIpc) is 2.68. The van der Waals surface area contributed by atoms with E-state index in [1.807, 2.05) is 13.0 Å². The number of nitrogens with two attached hydrogens (primary N) is 2. The highest BCUT2D eigenvalue weighted by Gasteiger charge is 2.20. The summed E-state index contributed by atoms with van der Waals surface area (Å²) in [5.74, 6) is -0.503. The second kappa shape index (κ2) is 7.17. The first-order valence-electron chi connectivity index (χ1n) is 9.45. The topological polar surface area (TPSA) is 132 Å². The number of nitrogen functional groups attached to an aromatic ring is 1. The first kappa shape index (κ1) is 18.9. The number of fused-ring (bicyclic) bond motifs is 2. The predicted octanol–water partition coefficient (Wildman–Crippen LogP) is 1.22. The molecule has 9 nitrogen and oxygen atoms in total. The molecular formula is C20H23N7O2. The summed E-state index contributed by atoms with van der Waals surface area (Å²) in [5.41, 5.74) is 14.4. The Morgan fingerprint density at radius 1 is 1.31 bits per heavy atom. The number of anilines is 3. The number of carbonyl (C=O) groups excluding carboxylic acids is 1. The summed E-state index contributed by atoms with van der Waals surface area (Å²) >= 11 is 0. The van der Waals surface area contributed by atoms with Gasteiger partial charge in [0.2, 0.25) is 11.4 Å². The Labute approximate surface area is 167 Å². The van der Waals surface area contributed by atoms with Crippen molar-refractivity contribution in [2.24, 2.45) is 5.73 Å². The summed E-state index contributed by atoms with van der Waals surface area (Å²) in [6.45, 7) is 4.23. The molecule has 1 aliphatic heterocycles. The van der Waals surface area contributed by atoms with Crippen LogP contribution in [0.25, 0.3) is 11.0 Å². The quantitative estimate of drug-likeness (QED) is 0.607. The van der Waals surface area contributed by atoms with Gasteiger partial charge in [-0.2, -0.15) is 4.98 Å². The lowest BCUT2D eigenvalue weighted by molar-refractivity contribution is 0.1000. The molecule has 0 radical (unpaired) electrons. The van der Waals surface area contributed by atoms with Gasteiger partial charge in [0, 0.05) is 31.5 Å². The molecule has 0 unspecified atom stereocenters. The molecule has 3 heterocycles. The number of nitrogens with one attached hydrogen (secondary N) is 1. The molecule has 1 aliphatic rings. The SMILES string of the molecule is CCn1c(N)c(C(N)=O)c(=O)c2cnc(Nc3ccc4c(c3)CCN(C)C4)nc21. The Balaban J connectivity index is 1.76. The molecule has 2 aromatic heterocycles. The van der Waals surface area contributed by atoms with Crippen molar-refractivity contribution in [2.75, 3.05) is 24.6 Å². The van der Waals surface area contributed by atoms with Gasteiger partial charge in [-0.3, -0.25) is 9.59 Å². The zero-order valence-electron chi connectivity index (χ0n) is 16.4. The van der Waals surface area contributed by atoms with E-state index in [0.717, 1.165) is 25.2 Å². The monoisotopic (exact) mass is 393 g/mol. The predicted molar refractivity (Wildman–Crippen MR) is 112 cm³/mol. The largest absolute Gasteiger partial charge is 0.384 e. The van der Waals surface area contributed by atoms with Gasteiger partial charge >= 0.3 is 0 Å². The van der Waals surface area contributed by atoms with E-state index in [1.165, 1.54) is 17.3 Å². The first-order chi connectivity index (χ1) is 13.9. The van der Waals surface area contributed by atoms with Crippen LogP contribution in [0.4, 0.5) is 17.5 Å². The second-order valence-electron chi connectivity index (χ2n) is 7.23. The van der Waals surface area contributed by atoms with E-state index in [-0.39, 0.29) is 16.8 Å². The fourth-order valence-electron chi connectivity index (χ4n) is 3.76. The number of rotatable bonds is 4. The zero-order chi connectivity index (χ0) is 20.7. The molecule has 29 heavy (non-hydrogen) atoms. The Bertz CT molecular complexity index is 1190. The third kappa shape index (κ3) is 3.29. The molecule has 0 aliphatic carbocycles. The van der Waals surface area contributed by atoms with Crippen molar-refractivity contribution >= 4 is 34.4 Å². The van der Waals surface area contributed by atoms with Crippen molar-refractivity contribution in [3.63, 3.8) is 0 Å². The highest BCUT2D eigenvalue weighted by atomic mass is 16.2. The number of hydrogen-bond donors (Lipinski definition) is 3. The van der Waals surface area contributed by atoms with Crippen LogP contribution in [0.3, 0.4) is 0 Å². The number of nitrogens with zero attached hydrogens (tertiary/aromatic N) is 4. The number of carbonyl (C=O) groups is 1. The van der Waals surface area contributed by atoms with E-state index >= 15 is 0 Å². The first-order valence-corrected chi connectivity index (χ1v) is 9.45. The minimum Gasteiger partial charge on any atom is -0.384 e. The van der Waals surface area contributed by atoms with Gasteiger partial charge in [0.05, 0.1) is 5.39 Å². The van der Waals surface area contributed by atoms with Crippen LogP contribution in [-0.4, -0.2) is 38.9 Å². The molecule has 1 amide bonds. The van der Waals surface area contributed by atoms with Crippen molar-refractivity contribution in [1.82, 2.24) is 19.4 Å². The van der Waals surface area contributed by atoms with Gasteiger partial charge in [-0.15, -0.1) is 0 Å². The summed E-state index contributed by atoms with van der Waals surface area (Å²) in [7, 11) is 2.11. The van der Waals surface area contributed by atoms with Crippen LogP contribution >= 0.6 is 0 Å². The molecule has 5 N–H and O–H groups in total. The summed E-state index contributed by atoms with van der Waals surface area (Å²) in [5, 5.41) is 3.40. The average molecular weight is 393 g/mol. The van der Waals surface area contributed by atoms with Gasteiger partial charge in [-0.05, 0) is 43.7 Å². The zero-order valence-corrected chi connectivity index (χ0v) is 16.4. The van der Waals surface area contributed by atoms with E-state index in [4.69, 9.17) is 11.5 Å². The number of benzene rings is 1. The number of hydrogen-bond acceptors (Lipinski definition) is 7. The number of aryl methyl sites for hydroxylation is 1. The lowest BCUT2D eigenvalue weighted by atomic mass is 9.99. The third-order valence-corrected chi connectivity index (χ3v) is 5.27. The molecule has 150 valence electrons. The van der Waals surface area contributed by atoms with Crippen molar-refractivity contribution < 1.29 is 4.79 Å². The van der Waals surface area contributed by atoms with E-state index in [9.17, 15) is 9.59 Å². The molecule has 1 aromatic carbocycles. The third-order valence-electron chi connectivity index (χ3n) is 5.27. The van der Waals surface area contributed by atoms with E-state index in [0.29, 0.717) is 18.1 Å². The van der Waals surface area contributed by atoms with Crippen LogP contribution in [0.1, 0.15) is 28.4 Å². The van der Waals surface area contributed by atoms with Crippen molar-refractivity contribution in [3.05, 3.63) is 51.3 Å². The molecule has 0 saturated carbocycles. The normalized spacial score (nSPS) is 14.0. The molecule has 4 rings (SSSR count). The lowest BCUT2D eigenvalue weighted by Gasteiger charge is -2.25. The minimum atomic E-state index is -0.862. The fraction of sp³-hybridized carbons (Fsp3) is 0.300. The van der Waals surface area contributed by atoms with Crippen LogP contribution < -0.4 is 22.2 Å². The van der Waals surface area contributed by atoms with E-state index in [2.05, 4.69) is 39.4 Å². The molecule has 0 fully saturated rings. The van der Waals surface area contributed by atoms with Gasteiger partial charge in [0.1, 0.15) is 11.4 Å². The summed E-state index contributed by atoms with van der Waals surface area (Å²) in [6.07, 6.45) is 2.39. The molecule has 0 atom stereocenters. The highest BCUT2D eigenvalue weighted by molar-refractivity contribution is 6.00. The van der Waals surface area contributed by atoms with Gasteiger partial charge in [0.15, 0.2) is 5.65 Å². The maximum absolute atomic E-state index is 12.6. The number of pyridine rings is 1. The smallest absolute Gasteiger partial charge is 0.256 e. The van der Waals surface area contributed by atoms with Crippen LogP contribution in [-0.2, 0) is 19.5 Å². The van der Waals surface area contributed by atoms with Crippen molar-refractivity contribution in [3.8, 4) is 0 Å². The summed E-state index contributed by atoms with van der Waals surface area (Å²) in [6, 6.07) is 6.20. The second-order valence-corrected chi connectivity index (χ2v) is 7.23. The van der Waals surface area contributed by atoms with Gasteiger partial charge < -0.3 is 26.3 Å². The molecular weight excluding hydrogens is 370 g/mol. The van der Waals surface area contributed by atoms with Gasteiger partial charge in [0.25, 0.3) is 5.91 Å². The minimum absolute atomic E-state index is 0.0139. The summed E-state index contributed by atoms with van der Waals surface area (Å²) in [4.78, 5) is 35.3. The molecule has 9 heteroatoms. The highest BCUT2D eigenvalue weighted by Crippen LogP contribution is 2.24. The van der Waals surface area contributed by atoms with E-state index < -0.39 is 11.3 Å². The molecule has 3 aromatic rings. The van der Waals surface area contributed by atoms with Crippen LogP contribution in [0.5, 0.6) is 0 Å². The van der Waals surface area contributed by atoms with Gasteiger partial charge in [-0.1, -0.05) is 6.07 Å². The Morgan fingerprint density at radius 3 is 2.83 bits per heavy atom. The van der Waals surface area contributed by atoms with Crippen LogP contribution in [0, 0.1) is 0 Å². The molecule has 0 bridgehead atoms.